The highest BCUT2D eigenvalue weighted by Crippen LogP contribution is 2.07. The number of nitrogens with one attached hydrogen (secondary N) is 3. The smallest absolute Gasteiger partial charge is 0.315 e. The Morgan fingerprint density at radius 2 is 2.50 bits per heavy atom. The van der Waals surface area contributed by atoms with Crippen molar-refractivity contribution in [3.63, 3.8) is 0 Å². The molecule has 5 heteroatoms. The molecule has 1 aliphatic rings. The standard InChI is InChI=1S/C9H13N3OS/c13-9(12-7-4-10-5-7)11-6-8-2-1-3-14-8/h1-3,7,10H,4-6H2,(H2,11,12,13). The fraction of sp³-hybridized carbons (Fsp3) is 0.444. The van der Waals surface area contributed by atoms with E-state index >= 15 is 0 Å². The molecule has 1 aromatic heterocycles. The van der Waals surface area contributed by atoms with Crippen molar-refractivity contribution in [1.29, 1.82) is 0 Å². The average molecular weight is 211 g/mol. The highest BCUT2D eigenvalue weighted by molar-refractivity contribution is 7.09. The first-order valence-electron chi connectivity index (χ1n) is 4.62. The SMILES string of the molecule is O=C(NCc1cccs1)NC1CNC1. The first-order valence-corrected chi connectivity index (χ1v) is 5.50. The molecular weight excluding hydrogens is 198 g/mol. The number of carbonyl (C=O) groups is 1. The minimum absolute atomic E-state index is 0.0788. The van der Waals surface area contributed by atoms with Crippen molar-refractivity contribution >= 4 is 17.4 Å². The fourth-order valence-electron chi connectivity index (χ4n) is 1.21. The van der Waals surface area contributed by atoms with Crippen molar-refractivity contribution in [2.45, 2.75) is 12.6 Å². The topological polar surface area (TPSA) is 53.2 Å². The number of hydrogen-bond acceptors (Lipinski definition) is 3. The molecule has 0 atom stereocenters. The molecule has 0 saturated carbocycles. The van der Waals surface area contributed by atoms with Gasteiger partial charge in [-0.2, -0.15) is 0 Å². The lowest BCUT2D eigenvalue weighted by molar-refractivity contribution is 0.231. The molecule has 4 nitrogen and oxygen atoms in total. The Morgan fingerprint density at radius 1 is 1.64 bits per heavy atom. The van der Waals surface area contributed by atoms with Gasteiger partial charge in [0.15, 0.2) is 0 Å². The molecule has 0 aliphatic carbocycles. The summed E-state index contributed by atoms with van der Waals surface area (Å²) in [4.78, 5) is 12.5. The van der Waals surface area contributed by atoms with Crippen LogP contribution in [0.4, 0.5) is 4.79 Å². The lowest BCUT2D eigenvalue weighted by Crippen LogP contribution is -2.58. The summed E-state index contributed by atoms with van der Waals surface area (Å²) < 4.78 is 0. The molecule has 2 rings (SSSR count). The quantitative estimate of drug-likeness (QED) is 0.682. The maximum atomic E-state index is 11.3. The molecular formula is C9H13N3OS. The van der Waals surface area contributed by atoms with Crippen LogP contribution in [0.5, 0.6) is 0 Å². The number of amides is 2. The zero-order valence-corrected chi connectivity index (χ0v) is 8.56. The van der Waals surface area contributed by atoms with Gasteiger partial charge in [0, 0.05) is 18.0 Å². The van der Waals surface area contributed by atoms with Gasteiger partial charge in [0.1, 0.15) is 0 Å². The molecule has 1 fully saturated rings. The van der Waals surface area contributed by atoms with Crippen LogP contribution < -0.4 is 16.0 Å². The minimum Gasteiger partial charge on any atom is -0.333 e. The molecule has 3 N–H and O–H groups in total. The van der Waals surface area contributed by atoms with E-state index in [1.54, 1.807) is 11.3 Å². The Hall–Kier alpha value is -1.07. The minimum atomic E-state index is -0.0788. The van der Waals surface area contributed by atoms with E-state index in [0.717, 1.165) is 13.1 Å². The van der Waals surface area contributed by atoms with Gasteiger partial charge in [-0.3, -0.25) is 0 Å². The Bertz CT molecular complexity index is 295. The van der Waals surface area contributed by atoms with Gasteiger partial charge in [0.2, 0.25) is 0 Å². The van der Waals surface area contributed by atoms with Gasteiger partial charge in [-0.15, -0.1) is 11.3 Å². The van der Waals surface area contributed by atoms with Crippen LogP contribution in [0, 0.1) is 0 Å². The van der Waals surface area contributed by atoms with Crippen molar-refractivity contribution in [1.82, 2.24) is 16.0 Å². The van der Waals surface area contributed by atoms with Gasteiger partial charge >= 0.3 is 6.03 Å². The maximum absolute atomic E-state index is 11.3. The van der Waals surface area contributed by atoms with Crippen molar-refractivity contribution in [3.8, 4) is 0 Å². The van der Waals surface area contributed by atoms with Crippen molar-refractivity contribution in [2.24, 2.45) is 0 Å². The van der Waals surface area contributed by atoms with Gasteiger partial charge in [0.25, 0.3) is 0 Å². The molecule has 76 valence electrons. The molecule has 0 unspecified atom stereocenters. The monoisotopic (exact) mass is 211 g/mol. The molecule has 2 heterocycles. The van der Waals surface area contributed by atoms with E-state index in [4.69, 9.17) is 0 Å². The highest BCUT2D eigenvalue weighted by Gasteiger charge is 2.18. The number of carbonyl (C=O) groups excluding carboxylic acids is 1. The molecule has 0 radical (unpaired) electrons. The van der Waals surface area contributed by atoms with Crippen molar-refractivity contribution < 1.29 is 4.79 Å². The van der Waals surface area contributed by atoms with E-state index in [-0.39, 0.29) is 6.03 Å². The van der Waals surface area contributed by atoms with Crippen LogP contribution in [0.2, 0.25) is 0 Å². The molecule has 1 aromatic rings. The average Bonchev–Trinajstić information content (AvgIpc) is 2.60. The van der Waals surface area contributed by atoms with Crippen LogP contribution in [0.15, 0.2) is 17.5 Å². The third kappa shape index (κ3) is 2.46. The zero-order valence-electron chi connectivity index (χ0n) is 7.75. The zero-order chi connectivity index (χ0) is 9.80. The molecule has 1 aliphatic heterocycles. The summed E-state index contributed by atoms with van der Waals surface area (Å²) in [5.74, 6) is 0. The van der Waals surface area contributed by atoms with Gasteiger partial charge in [-0.1, -0.05) is 6.07 Å². The summed E-state index contributed by atoms with van der Waals surface area (Å²) in [5.41, 5.74) is 0. The Kier molecular flexibility index (Phi) is 3.00. The van der Waals surface area contributed by atoms with Crippen molar-refractivity contribution in [2.75, 3.05) is 13.1 Å². The van der Waals surface area contributed by atoms with Gasteiger partial charge in [0.05, 0.1) is 12.6 Å². The molecule has 1 saturated heterocycles. The Labute approximate surface area is 86.7 Å². The largest absolute Gasteiger partial charge is 0.333 e. The van der Waals surface area contributed by atoms with Crippen LogP contribution >= 0.6 is 11.3 Å². The molecule has 2 amide bonds. The number of rotatable bonds is 3. The lowest BCUT2D eigenvalue weighted by atomic mass is 10.2. The summed E-state index contributed by atoms with van der Waals surface area (Å²) in [6.07, 6.45) is 0. The van der Waals surface area contributed by atoms with E-state index in [9.17, 15) is 4.79 Å². The second kappa shape index (κ2) is 4.43. The Morgan fingerprint density at radius 3 is 3.07 bits per heavy atom. The highest BCUT2D eigenvalue weighted by atomic mass is 32.1. The van der Waals surface area contributed by atoms with Crippen LogP contribution in [-0.2, 0) is 6.54 Å². The molecule has 0 bridgehead atoms. The predicted molar refractivity (Wildman–Crippen MR) is 56.3 cm³/mol. The van der Waals surface area contributed by atoms with Crippen LogP contribution in [0.1, 0.15) is 4.88 Å². The van der Waals surface area contributed by atoms with E-state index in [2.05, 4.69) is 16.0 Å². The summed E-state index contributed by atoms with van der Waals surface area (Å²) in [5, 5.41) is 10.8. The van der Waals surface area contributed by atoms with E-state index in [0.29, 0.717) is 12.6 Å². The van der Waals surface area contributed by atoms with E-state index in [1.165, 1.54) is 4.88 Å². The van der Waals surface area contributed by atoms with E-state index < -0.39 is 0 Å². The van der Waals surface area contributed by atoms with Gasteiger partial charge in [-0.25, -0.2) is 4.79 Å². The summed E-state index contributed by atoms with van der Waals surface area (Å²) in [6.45, 7) is 2.38. The van der Waals surface area contributed by atoms with Gasteiger partial charge in [-0.05, 0) is 11.4 Å². The number of thiophene rings is 1. The lowest BCUT2D eigenvalue weighted by Gasteiger charge is -2.27. The normalized spacial score (nSPS) is 16.0. The van der Waals surface area contributed by atoms with Crippen LogP contribution in [-0.4, -0.2) is 25.2 Å². The predicted octanol–water partition coefficient (Wildman–Crippen LogP) is 0.519. The third-order valence-electron chi connectivity index (χ3n) is 2.12. The van der Waals surface area contributed by atoms with Crippen LogP contribution in [0.3, 0.4) is 0 Å². The fourth-order valence-corrected chi connectivity index (χ4v) is 1.85. The van der Waals surface area contributed by atoms with Crippen molar-refractivity contribution in [3.05, 3.63) is 22.4 Å². The molecule has 0 spiro atoms. The molecule has 14 heavy (non-hydrogen) atoms. The third-order valence-corrected chi connectivity index (χ3v) is 3.00. The number of urea groups is 1. The second-order valence-corrected chi connectivity index (χ2v) is 4.29. The summed E-state index contributed by atoms with van der Waals surface area (Å²) in [7, 11) is 0. The van der Waals surface area contributed by atoms with Gasteiger partial charge < -0.3 is 16.0 Å². The maximum Gasteiger partial charge on any atom is 0.315 e. The first-order chi connectivity index (χ1) is 6.84. The summed E-state index contributed by atoms with van der Waals surface area (Å²) >= 11 is 1.65. The number of hydrogen-bond donors (Lipinski definition) is 3. The van der Waals surface area contributed by atoms with Crippen LogP contribution in [0.25, 0.3) is 0 Å². The summed E-state index contributed by atoms with van der Waals surface area (Å²) in [6, 6.07) is 4.22. The second-order valence-electron chi connectivity index (χ2n) is 3.26. The first kappa shape index (κ1) is 9.48. The Balaban J connectivity index is 1.67. The van der Waals surface area contributed by atoms with E-state index in [1.807, 2.05) is 17.5 Å². The molecule has 0 aromatic carbocycles.